The van der Waals surface area contributed by atoms with Crippen molar-refractivity contribution >= 4 is 5.91 Å². The Morgan fingerprint density at radius 2 is 2.20 bits per heavy atom. The molecule has 0 atom stereocenters. The minimum Gasteiger partial charge on any atom is -0.382 e. The van der Waals surface area contributed by atoms with Crippen LogP contribution < -0.4 is 5.73 Å². The van der Waals surface area contributed by atoms with E-state index in [0.717, 1.165) is 26.1 Å². The average Bonchev–Trinajstić information content (AvgIpc) is 1.87. The predicted molar refractivity (Wildman–Crippen MR) is 39.5 cm³/mol. The number of amides is 1. The molecule has 3 nitrogen and oxygen atoms in total. The third kappa shape index (κ3) is 7.43. The molecule has 0 rings (SSSR count). The van der Waals surface area contributed by atoms with Gasteiger partial charge in [0.1, 0.15) is 0 Å². The molecule has 0 unspecified atom stereocenters. The van der Waals surface area contributed by atoms with Crippen LogP contribution in [0.3, 0.4) is 0 Å². The monoisotopic (exact) mass is 145 g/mol. The van der Waals surface area contributed by atoms with Crippen molar-refractivity contribution in [1.29, 1.82) is 0 Å². The maximum absolute atomic E-state index is 10.2. The molecule has 3 heteroatoms. The van der Waals surface area contributed by atoms with Gasteiger partial charge in [-0.15, -0.1) is 0 Å². The van der Waals surface area contributed by atoms with Gasteiger partial charge in [0.05, 0.1) is 0 Å². The molecule has 0 radical (unpaired) electrons. The van der Waals surface area contributed by atoms with E-state index in [-0.39, 0.29) is 5.91 Å². The summed E-state index contributed by atoms with van der Waals surface area (Å²) >= 11 is 0. The molecule has 10 heavy (non-hydrogen) atoms. The van der Waals surface area contributed by atoms with Crippen molar-refractivity contribution in [3.8, 4) is 0 Å². The Kier molecular flexibility index (Phi) is 6.18. The SMILES string of the molecule is CCOCCCCC(N)=O. The number of hydrogen-bond acceptors (Lipinski definition) is 2. The molecule has 0 aromatic rings. The molecule has 2 N–H and O–H groups in total. The van der Waals surface area contributed by atoms with E-state index < -0.39 is 0 Å². The highest BCUT2D eigenvalue weighted by atomic mass is 16.5. The lowest BCUT2D eigenvalue weighted by atomic mass is 10.2. The fourth-order valence-corrected chi connectivity index (χ4v) is 0.648. The Balaban J connectivity index is 2.84. The highest BCUT2D eigenvalue weighted by Gasteiger charge is 1.92. The normalized spacial score (nSPS) is 9.70. The minimum atomic E-state index is -0.225. The van der Waals surface area contributed by atoms with Crippen molar-refractivity contribution < 1.29 is 9.53 Å². The Morgan fingerprint density at radius 3 is 2.70 bits per heavy atom. The molecule has 0 bridgehead atoms. The summed E-state index contributed by atoms with van der Waals surface area (Å²) in [6, 6.07) is 0. The van der Waals surface area contributed by atoms with Gasteiger partial charge in [0, 0.05) is 19.6 Å². The zero-order valence-corrected chi connectivity index (χ0v) is 6.43. The molecule has 0 heterocycles. The maximum Gasteiger partial charge on any atom is 0.217 e. The molecule has 0 saturated carbocycles. The molecule has 0 aliphatic rings. The Morgan fingerprint density at radius 1 is 1.50 bits per heavy atom. The third-order valence-corrected chi connectivity index (χ3v) is 1.17. The zero-order valence-electron chi connectivity index (χ0n) is 6.43. The number of carbonyl (C=O) groups is 1. The zero-order chi connectivity index (χ0) is 7.82. The van der Waals surface area contributed by atoms with Gasteiger partial charge in [-0.2, -0.15) is 0 Å². The number of ether oxygens (including phenoxy) is 1. The summed E-state index contributed by atoms with van der Waals surface area (Å²) in [4.78, 5) is 10.2. The van der Waals surface area contributed by atoms with Crippen LogP contribution in [0.4, 0.5) is 0 Å². The summed E-state index contributed by atoms with van der Waals surface area (Å²) in [5.74, 6) is -0.225. The predicted octanol–water partition coefficient (Wildman–Crippen LogP) is 0.678. The van der Waals surface area contributed by atoms with Gasteiger partial charge >= 0.3 is 0 Å². The lowest BCUT2D eigenvalue weighted by molar-refractivity contribution is -0.118. The average molecular weight is 145 g/mol. The van der Waals surface area contributed by atoms with Crippen LogP contribution in [-0.4, -0.2) is 19.1 Å². The molecule has 0 aliphatic heterocycles. The second-order valence-corrected chi connectivity index (χ2v) is 2.12. The van der Waals surface area contributed by atoms with Crippen molar-refractivity contribution in [1.82, 2.24) is 0 Å². The molecule has 0 aliphatic carbocycles. The maximum atomic E-state index is 10.2. The van der Waals surface area contributed by atoms with Crippen molar-refractivity contribution in [2.45, 2.75) is 26.2 Å². The van der Waals surface area contributed by atoms with Crippen LogP contribution in [0, 0.1) is 0 Å². The van der Waals surface area contributed by atoms with Gasteiger partial charge in [0.2, 0.25) is 5.91 Å². The number of carbonyl (C=O) groups excluding carboxylic acids is 1. The van der Waals surface area contributed by atoms with E-state index >= 15 is 0 Å². The molecule has 0 saturated heterocycles. The third-order valence-electron chi connectivity index (χ3n) is 1.17. The molecule has 0 aromatic heterocycles. The van der Waals surface area contributed by atoms with E-state index in [2.05, 4.69) is 0 Å². The molecule has 0 spiro atoms. The van der Waals surface area contributed by atoms with Crippen LogP contribution in [0.25, 0.3) is 0 Å². The first kappa shape index (κ1) is 9.43. The van der Waals surface area contributed by atoms with Gasteiger partial charge in [-0.25, -0.2) is 0 Å². The lowest BCUT2D eigenvalue weighted by Gasteiger charge is -1.98. The van der Waals surface area contributed by atoms with Crippen LogP contribution >= 0.6 is 0 Å². The molecular weight excluding hydrogens is 130 g/mol. The van der Waals surface area contributed by atoms with Crippen LogP contribution in [0.5, 0.6) is 0 Å². The van der Waals surface area contributed by atoms with Crippen LogP contribution in [0.1, 0.15) is 26.2 Å². The number of nitrogens with two attached hydrogens (primary N) is 1. The number of primary amides is 1. The van der Waals surface area contributed by atoms with E-state index in [0.29, 0.717) is 6.42 Å². The van der Waals surface area contributed by atoms with E-state index in [9.17, 15) is 4.79 Å². The Bertz CT molecular complexity index is 93.6. The lowest BCUT2D eigenvalue weighted by Crippen LogP contribution is -2.10. The summed E-state index contributed by atoms with van der Waals surface area (Å²) in [5.41, 5.74) is 4.93. The highest BCUT2D eigenvalue weighted by Crippen LogP contribution is 1.93. The molecule has 60 valence electrons. The summed E-state index contributed by atoms with van der Waals surface area (Å²) in [5, 5.41) is 0. The Labute approximate surface area is 61.5 Å². The quantitative estimate of drug-likeness (QED) is 0.559. The van der Waals surface area contributed by atoms with E-state index in [1.807, 2.05) is 6.92 Å². The fraction of sp³-hybridized carbons (Fsp3) is 0.857. The van der Waals surface area contributed by atoms with Gasteiger partial charge in [-0.05, 0) is 19.8 Å². The van der Waals surface area contributed by atoms with Crippen LogP contribution in [-0.2, 0) is 9.53 Å². The molecule has 0 fully saturated rings. The molecular formula is C7H15NO2. The molecule has 1 amide bonds. The van der Waals surface area contributed by atoms with Crippen molar-refractivity contribution in [2.75, 3.05) is 13.2 Å². The van der Waals surface area contributed by atoms with Gasteiger partial charge in [0.25, 0.3) is 0 Å². The first-order valence-corrected chi connectivity index (χ1v) is 3.63. The first-order chi connectivity index (χ1) is 4.77. The van der Waals surface area contributed by atoms with Gasteiger partial charge in [-0.1, -0.05) is 0 Å². The fourth-order valence-electron chi connectivity index (χ4n) is 0.648. The topological polar surface area (TPSA) is 52.3 Å². The van der Waals surface area contributed by atoms with Gasteiger partial charge in [-0.3, -0.25) is 4.79 Å². The Hall–Kier alpha value is -0.570. The number of unbranched alkanes of at least 4 members (excludes halogenated alkanes) is 1. The van der Waals surface area contributed by atoms with Crippen molar-refractivity contribution in [3.63, 3.8) is 0 Å². The number of hydrogen-bond donors (Lipinski definition) is 1. The van der Waals surface area contributed by atoms with Crippen molar-refractivity contribution in [2.24, 2.45) is 5.73 Å². The van der Waals surface area contributed by atoms with Gasteiger partial charge < -0.3 is 10.5 Å². The van der Waals surface area contributed by atoms with Crippen molar-refractivity contribution in [3.05, 3.63) is 0 Å². The largest absolute Gasteiger partial charge is 0.382 e. The summed E-state index contributed by atoms with van der Waals surface area (Å²) in [6.07, 6.45) is 2.25. The first-order valence-electron chi connectivity index (χ1n) is 3.63. The summed E-state index contributed by atoms with van der Waals surface area (Å²) in [7, 11) is 0. The smallest absolute Gasteiger partial charge is 0.217 e. The van der Waals surface area contributed by atoms with E-state index in [4.69, 9.17) is 10.5 Å². The summed E-state index contributed by atoms with van der Waals surface area (Å²) in [6.45, 7) is 3.44. The minimum absolute atomic E-state index is 0.225. The standard InChI is InChI=1S/C7H15NO2/c1-2-10-6-4-3-5-7(8)9/h2-6H2,1H3,(H2,8,9). The second-order valence-electron chi connectivity index (χ2n) is 2.12. The van der Waals surface area contributed by atoms with Crippen LogP contribution in [0.15, 0.2) is 0 Å². The van der Waals surface area contributed by atoms with Crippen LogP contribution in [0.2, 0.25) is 0 Å². The van der Waals surface area contributed by atoms with Gasteiger partial charge in [0.15, 0.2) is 0 Å². The van der Waals surface area contributed by atoms with E-state index in [1.165, 1.54) is 0 Å². The molecule has 0 aromatic carbocycles. The highest BCUT2D eigenvalue weighted by molar-refractivity contribution is 5.73. The van der Waals surface area contributed by atoms with E-state index in [1.54, 1.807) is 0 Å². The second kappa shape index (κ2) is 6.55. The number of rotatable bonds is 6. The summed E-state index contributed by atoms with van der Waals surface area (Å²) < 4.78 is 5.06.